The standard InChI is InChI=1S/C13H13ClN2O2/c1-16-12(13(17)8-14)7-11(15-16)9-4-3-5-10(6-9)18-2/h3-7H,8H2,1-2H3. The zero-order valence-corrected chi connectivity index (χ0v) is 10.9. The van der Waals surface area contributed by atoms with E-state index in [4.69, 9.17) is 16.3 Å². The first-order valence-corrected chi connectivity index (χ1v) is 5.96. The van der Waals surface area contributed by atoms with E-state index in [1.54, 1.807) is 24.9 Å². The minimum atomic E-state index is -0.138. The molecule has 0 saturated carbocycles. The van der Waals surface area contributed by atoms with E-state index in [0.717, 1.165) is 17.0 Å². The van der Waals surface area contributed by atoms with Gasteiger partial charge in [0.15, 0.2) is 5.78 Å². The van der Waals surface area contributed by atoms with Gasteiger partial charge in [-0.15, -0.1) is 11.6 Å². The predicted octanol–water partition coefficient (Wildman–Crippen LogP) is 2.52. The number of ketones is 1. The van der Waals surface area contributed by atoms with E-state index in [0.29, 0.717) is 5.69 Å². The molecule has 18 heavy (non-hydrogen) atoms. The van der Waals surface area contributed by atoms with Gasteiger partial charge < -0.3 is 4.74 Å². The molecule has 0 N–H and O–H groups in total. The predicted molar refractivity (Wildman–Crippen MR) is 70.2 cm³/mol. The summed E-state index contributed by atoms with van der Waals surface area (Å²) >= 11 is 5.55. The molecule has 1 aromatic heterocycles. The van der Waals surface area contributed by atoms with Crippen molar-refractivity contribution in [2.75, 3.05) is 13.0 Å². The fraction of sp³-hybridized carbons (Fsp3) is 0.231. The van der Waals surface area contributed by atoms with Crippen LogP contribution in [0.25, 0.3) is 11.3 Å². The molecule has 1 heterocycles. The number of methoxy groups -OCH3 is 1. The lowest BCUT2D eigenvalue weighted by Gasteiger charge is -2.01. The van der Waals surface area contributed by atoms with Gasteiger partial charge in [0.05, 0.1) is 18.7 Å². The van der Waals surface area contributed by atoms with Gasteiger partial charge in [-0.1, -0.05) is 12.1 Å². The Kier molecular flexibility index (Phi) is 3.67. The lowest BCUT2D eigenvalue weighted by molar-refractivity contribution is 0.101. The van der Waals surface area contributed by atoms with Crippen LogP contribution in [0.3, 0.4) is 0 Å². The molecule has 2 aromatic rings. The molecule has 1 aromatic carbocycles. The number of carbonyl (C=O) groups excluding carboxylic acids is 1. The van der Waals surface area contributed by atoms with Crippen molar-refractivity contribution in [3.8, 4) is 17.0 Å². The summed E-state index contributed by atoms with van der Waals surface area (Å²) < 4.78 is 6.70. The van der Waals surface area contributed by atoms with Gasteiger partial charge in [-0.25, -0.2) is 0 Å². The molecule has 0 atom stereocenters. The largest absolute Gasteiger partial charge is 0.497 e. The summed E-state index contributed by atoms with van der Waals surface area (Å²) in [7, 11) is 3.34. The SMILES string of the molecule is COc1cccc(-c2cc(C(=O)CCl)n(C)n2)c1. The molecule has 0 aliphatic rings. The molecule has 5 heteroatoms. The minimum Gasteiger partial charge on any atom is -0.497 e. The van der Waals surface area contributed by atoms with Crippen molar-refractivity contribution in [1.82, 2.24) is 9.78 Å². The van der Waals surface area contributed by atoms with Crippen LogP contribution in [0.4, 0.5) is 0 Å². The van der Waals surface area contributed by atoms with Crippen LogP contribution >= 0.6 is 11.6 Å². The number of carbonyl (C=O) groups is 1. The van der Waals surface area contributed by atoms with Crippen molar-refractivity contribution in [3.05, 3.63) is 36.0 Å². The summed E-state index contributed by atoms with van der Waals surface area (Å²) in [5, 5.41) is 4.31. The number of rotatable bonds is 4. The lowest BCUT2D eigenvalue weighted by atomic mass is 10.1. The average molecular weight is 265 g/mol. The first-order valence-electron chi connectivity index (χ1n) is 5.43. The Balaban J connectivity index is 2.42. The van der Waals surface area contributed by atoms with Gasteiger partial charge in [0.1, 0.15) is 11.4 Å². The van der Waals surface area contributed by atoms with Gasteiger partial charge >= 0.3 is 0 Å². The Morgan fingerprint density at radius 3 is 2.89 bits per heavy atom. The number of ether oxygens (including phenoxy) is 1. The van der Waals surface area contributed by atoms with Crippen LogP contribution in [-0.2, 0) is 7.05 Å². The zero-order valence-electron chi connectivity index (χ0n) is 10.2. The number of alkyl halides is 1. The Morgan fingerprint density at radius 2 is 2.22 bits per heavy atom. The molecule has 0 amide bonds. The number of benzene rings is 1. The van der Waals surface area contributed by atoms with Crippen molar-refractivity contribution in [1.29, 1.82) is 0 Å². The topological polar surface area (TPSA) is 44.1 Å². The van der Waals surface area contributed by atoms with Crippen LogP contribution in [0.2, 0.25) is 0 Å². The Morgan fingerprint density at radius 1 is 1.44 bits per heavy atom. The van der Waals surface area contributed by atoms with E-state index in [2.05, 4.69) is 5.10 Å². The molecule has 94 valence electrons. The first-order chi connectivity index (χ1) is 8.65. The van der Waals surface area contributed by atoms with E-state index in [9.17, 15) is 4.79 Å². The maximum Gasteiger partial charge on any atom is 0.195 e. The van der Waals surface area contributed by atoms with Gasteiger partial charge in [-0.05, 0) is 18.2 Å². The number of Topliss-reactive ketones (excluding diaryl/α,β-unsaturated/α-hetero) is 1. The van der Waals surface area contributed by atoms with Gasteiger partial charge in [0.2, 0.25) is 0 Å². The number of hydrogen-bond donors (Lipinski definition) is 0. The molecule has 0 bridgehead atoms. The molecule has 0 aliphatic carbocycles. The molecule has 0 aliphatic heterocycles. The van der Waals surface area contributed by atoms with Crippen LogP contribution in [0, 0.1) is 0 Å². The third-order valence-corrected chi connectivity index (χ3v) is 2.90. The van der Waals surface area contributed by atoms with Gasteiger partial charge in [0.25, 0.3) is 0 Å². The first kappa shape index (κ1) is 12.6. The van der Waals surface area contributed by atoms with E-state index in [-0.39, 0.29) is 11.7 Å². The molecule has 0 radical (unpaired) electrons. The van der Waals surface area contributed by atoms with Crippen molar-refractivity contribution in [2.45, 2.75) is 0 Å². The highest BCUT2D eigenvalue weighted by molar-refractivity contribution is 6.30. The van der Waals surface area contributed by atoms with E-state index in [1.807, 2.05) is 24.3 Å². The summed E-state index contributed by atoms with van der Waals surface area (Å²) in [5.74, 6) is 0.570. The monoisotopic (exact) mass is 264 g/mol. The summed E-state index contributed by atoms with van der Waals surface area (Å²) in [4.78, 5) is 11.6. The quantitative estimate of drug-likeness (QED) is 0.630. The molecule has 0 unspecified atom stereocenters. The van der Waals surface area contributed by atoms with Crippen molar-refractivity contribution in [3.63, 3.8) is 0 Å². The second-order valence-corrected chi connectivity index (χ2v) is 4.09. The van der Waals surface area contributed by atoms with Crippen LogP contribution in [-0.4, -0.2) is 28.6 Å². The maximum absolute atomic E-state index is 11.6. The second-order valence-electron chi connectivity index (χ2n) is 3.83. The number of aromatic nitrogens is 2. The average Bonchev–Trinajstić information content (AvgIpc) is 2.80. The van der Waals surface area contributed by atoms with Gasteiger partial charge in [0, 0.05) is 12.6 Å². The second kappa shape index (κ2) is 5.23. The molecular formula is C13H13ClN2O2. The van der Waals surface area contributed by atoms with E-state index < -0.39 is 0 Å². The summed E-state index contributed by atoms with van der Waals surface area (Å²) in [6.07, 6.45) is 0. The zero-order chi connectivity index (χ0) is 13.1. The van der Waals surface area contributed by atoms with Gasteiger partial charge in [-0.3, -0.25) is 9.48 Å². The molecule has 2 rings (SSSR count). The summed E-state index contributed by atoms with van der Waals surface area (Å²) in [6.45, 7) is 0. The molecular weight excluding hydrogens is 252 g/mol. The smallest absolute Gasteiger partial charge is 0.195 e. The molecule has 0 spiro atoms. The normalized spacial score (nSPS) is 10.4. The Hall–Kier alpha value is -1.81. The number of halogens is 1. The Labute approximate surface area is 110 Å². The van der Waals surface area contributed by atoms with Crippen LogP contribution in [0.5, 0.6) is 5.75 Å². The van der Waals surface area contributed by atoms with Gasteiger partial charge in [-0.2, -0.15) is 5.10 Å². The number of nitrogens with zero attached hydrogens (tertiary/aromatic N) is 2. The summed E-state index contributed by atoms with van der Waals surface area (Å²) in [6, 6.07) is 9.26. The van der Waals surface area contributed by atoms with Crippen LogP contribution in [0.1, 0.15) is 10.5 Å². The Bertz CT molecular complexity index is 578. The third-order valence-electron chi connectivity index (χ3n) is 2.65. The minimum absolute atomic E-state index is 0.0446. The van der Waals surface area contributed by atoms with E-state index >= 15 is 0 Å². The lowest BCUT2D eigenvalue weighted by Crippen LogP contribution is -2.07. The molecule has 4 nitrogen and oxygen atoms in total. The van der Waals surface area contributed by atoms with Crippen LogP contribution in [0.15, 0.2) is 30.3 Å². The van der Waals surface area contributed by atoms with E-state index in [1.165, 1.54) is 0 Å². The third kappa shape index (κ3) is 2.38. The summed E-state index contributed by atoms with van der Waals surface area (Å²) in [5.41, 5.74) is 2.13. The number of aryl methyl sites for hydroxylation is 1. The molecule has 0 saturated heterocycles. The van der Waals surface area contributed by atoms with Crippen molar-refractivity contribution in [2.24, 2.45) is 7.05 Å². The van der Waals surface area contributed by atoms with Crippen molar-refractivity contribution >= 4 is 17.4 Å². The highest BCUT2D eigenvalue weighted by Crippen LogP contribution is 2.23. The fourth-order valence-corrected chi connectivity index (χ4v) is 1.86. The number of hydrogen-bond acceptors (Lipinski definition) is 3. The maximum atomic E-state index is 11.6. The fourth-order valence-electron chi connectivity index (χ4n) is 1.72. The highest BCUT2D eigenvalue weighted by atomic mass is 35.5. The van der Waals surface area contributed by atoms with Crippen LogP contribution < -0.4 is 4.74 Å². The molecule has 0 fully saturated rings. The van der Waals surface area contributed by atoms with Crippen molar-refractivity contribution < 1.29 is 9.53 Å². The highest BCUT2D eigenvalue weighted by Gasteiger charge is 2.13.